The Hall–Kier alpha value is -3.36. The van der Waals surface area contributed by atoms with Gasteiger partial charge in [-0.2, -0.15) is 0 Å². The molecule has 0 saturated carbocycles. The standard InChI is InChI=1S/C26H31N3O5/c1-3-34-20-9-6-8-19(18-20)27-24-23(21-10-4-5-11-22(21)32-2)25(30)29(26(24)31)13-7-12-28-14-16-33-17-15-28/h4-6,8-11,18,27H,3,7,12-17H2,1-2H3. The molecule has 8 heteroatoms. The summed E-state index contributed by atoms with van der Waals surface area (Å²) < 4.78 is 16.5. The molecule has 2 aliphatic heterocycles. The zero-order valence-electron chi connectivity index (χ0n) is 19.7. The summed E-state index contributed by atoms with van der Waals surface area (Å²) in [6.07, 6.45) is 0.698. The number of methoxy groups -OCH3 is 1. The topological polar surface area (TPSA) is 80.3 Å². The molecule has 1 N–H and O–H groups in total. The fraction of sp³-hybridized carbons (Fsp3) is 0.385. The fourth-order valence-corrected chi connectivity index (χ4v) is 4.25. The second kappa shape index (κ2) is 11.2. The van der Waals surface area contributed by atoms with Gasteiger partial charge in [-0.25, -0.2) is 0 Å². The molecule has 2 amide bonds. The van der Waals surface area contributed by atoms with Crippen molar-refractivity contribution < 1.29 is 23.8 Å². The van der Waals surface area contributed by atoms with Crippen LogP contribution in [0.2, 0.25) is 0 Å². The Balaban J connectivity index is 1.60. The van der Waals surface area contributed by atoms with Gasteiger partial charge in [-0.05, 0) is 31.5 Å². The van der Waals surface area contributed by atoms with Gasteiger partial charge in [0.05, 0.1) is 32.5 Å². The Morgan fingerprint density at radius 2 is 1.79 bits per heavy atom. The normalized spacial score (nSPS) is 16.8. The van der Waals surface area contributed by atoms with Gasteiger partial charge >= 0.3 is 0 Å². The van der Waals surface area contributed by atoms with Gasteiger partial charge in [0.2, 0.25) is 0 Å². The number of benzene rings is 2. The van der Waals surface area contributed by atoms with Gasteiger partial charge in [0, 0.05) is 43.5 Å². The van der Waals surface area contributed by atoms with Crippen molar-refractivity contribution in [2.75, 3.05) is 58.4 Å². The van der Waals surface area contributed by atoms with Crippen molar-refractivity contribution in [1.82, 2.24) is 9.80 Å². The van der Waals surface area contributed by atoms with E-state index in [2.05, 4.69) is 10.2 Å². The zero-order chi connectivity index (χ0) is 23.9. The van der Waals surface area contributed by atoms with E-state index < -0.39 is 0 Å². The molecule has 4 rings (SSSR count). The van der Waals surface area contributed by atoms with Crippen LogP contribution in [-0.2, 0) is 14.3 Å². The van der Waals surface area contributed by atoms with Crippen LogP contribution in [0.25, 0.3) is 5.57 Å². The van der Waals surface area contributed by atoms with Crippen LogP contribution in [0.15, 0.2) is 54.2 Å². The van der Waals surface area contributed by atoms with Crippen LogP contribution >= 0.6 is 0 Å². The Kier molecular flexibility index (Phi) is 7.82. The number of para-hydroxylation sites is 1. The number of hydrogen-bond acceptors (Lipinski definition) is 7. The lowest BCUT2D eigenvalue weighted by Crippen LogP contribution is -2.39. The Labute approximate surface area is 200 Å². The first kappa shape index (κ1) is 23.8. The van der Waals surface area contributed by atoms with Crippen LogP contribution in [0.4, 0.5) is 5.69 Å². The number of nitrogens with zero attached hydrogens (tertiary/aromatic N) is 2. The molecule has 0 unspecified atom stereocenters. The van der Waals surface area contributed by atoms with E-state index in [-0.39, 0.29) is 17.5 Å². The van der Waals surface area contributed by atoms with E-state index in [1.807, 2.05) is 43.3 Å². The third kappa shape index (κ3) is 5.24. The van der Waals surface area contributed by atoms with E-state index in [9.17, 15) is 9.59 Å². The summed E-state index contributed by atoms with van der Waals surface area (Å²) in [4.78, 5) is 30.6. The zero-order valence-corrected chi connectivity index (χ0v) is 19.7. The number of rotatable bonds is 10. The fourth-order valence-electron chi connectivity index (χ4n) is 4.25. The van der Waals surface area contributed by atoms with Crippen LogP contribution < -0.4 is 14.8 Å². The minimum Gasteiger partial charge on any atom is -0.496 e. The summed E-state index contributed by atoms with van der Waals surface area (Å²) in [5, 5.41) is 3.19. The van der Waals surface area contributed by atoms with Crippen molar-refractivity contribution >= 4 is 23.1 Å². The van der Waals surface area contributed by atoms with Crippen LogP contribution in [0.3, 0.4) is 0 Å². The lowest BCUT2D eigenvalue weighted by molar-refractivity contribution is -0.136. The first-order valence-corrected chi connectivity index (χ1v) is 11.7. The molecule has 2 heterocycles. The maximum atomic E-state index is 13.5. The van der Waals surface area contributed by atoms with Gasteiger partial charge in [0.1, 0.15) is 17.2 Å². The largest absolute Gasteiger partial charge is 0.496 e. The maximum absolute atomic E-state index is 13.5. The third-order valence-corrected chi connectivity index (χ3v) is 5.92. The number of carbonyl (C=O) groups is 2. The molecule has 0 radical (unpaired) electrons. The van der Waals surface area contributed by atoms with E-state index in [1.165, 1.54) is 4.90 Å². The highest BCUT2D eigenvalue weighted by Crippen LogP contribution is 2.35. The SMILES string of the molecule is CCOc1cccc(NC2=C(c3ccccc3OC)C(=O)N(CCCN3CCOCC3)C2=O)c1. The summed E-state index contributed by atoms with van der Waals surface area (Å²) in [6.45, 7) is 6.78. The molecule has 0 bridgehead atoms. The highest BCUT2D eigenvalue weighted by molar-refractivity contribution is 6.37. The Morgan fingerprint density at radius 3 is 2.56 bits per heavy atom. The third-order valence-electron chi connectivity index (χ3n) is 5.92. The molecule has 0 spiro atoms. The van der Waals surface area contributed by atoms with Crippen LogP contribution in [0.1, 0.15) is 18.9 Å². The first-order chi connectivity index (χ1) is 16.6. The Morgan fingerprint density at radius 1 is 1.00 bits per heavy atom. The molecular formula is C26H31N3O5. The van der Waals surface area contributed by atoms with Gasteiger partial charge in [0.25, 0.3) is 11.8 Å². The number of morpholine rings is 1. The molecule has 0 atom stereocenters. The molecule has 1 saturated heterocycles. The summed E-state index contributed by atoms with van der Waals surface area (Å²) in [6, 6.07) is 14.6. The van der Waals surface area contributed by atoms with Crippen LogP contribution in [0.5, 0.6) is 11.5 Å². The predicted molar refractivity (Wildman–Crippen MR) is 130 cm³/mol. The van der Waals surface area contributed by atoms with Crippen LogP contribution in [0, 0.1) is 0 Å². The number of amides is 2. The Bertz CT molecular complexity index is 1060. The van der Waals surface area contributed by atoms with E-state index in [1.54, 1.807) is 19.2 Å². The molecule has 34 heavy (non-hydrogen) atoms. The van der Waals surface area contributed by atoms with Crippen LogP contribution in [-0.4, -0.2) is 74.7 Å². The molecule has 0 aromatic heterocycles. The smallest absolute Gasteiger partial charge is 0.278 e. The van der Waals surface area contributed by atoms with Gasteiger partial charge in [-0.1, -0.05) is 24.3 Å². The minimum absolute atomic E-state index is 0.245. The van der Waals surface area contributed by atoms with E-state index in [4.69, 9.17) is 14.2 Å². The van der Waals surface area contributed by atoms with Crippen molar-refractivity contribution in [3.63, 3.8) is 0 Å². The molecule has 2 aromatic carbocycles. The van der Waals surface area contributed by atoms with Crippen molar-refractivity contribution in [3.05, 3.63) is 59.8 Å². The summed E-state index contributed by atoms with van der Waals surface area (Å²) >= 11 is 0. The highest BCUT2D eigenvalue weighted by atomic mass is 16.5. The van der Waals surface area contributed by atoms with Gasteiger partial charge in [0.15, 0.2) is 0 Å². The second-order valence-corrected chi connectivity index (χ2v) is 8.11. The van der Waals surface area contributed by atoms with Crippen molar-refractivity contribution in [2.24, 2.45) is 0 Å². The van der Waals surface area contributed by atoms with E-state index >= 15 is 0 Å². The maximum Gasteiger partial charge on any atom is 0.278 e. The second-order valence-electron chi connectivity index (χ2n) is 8.11. The summed E-state index contributed by atoms with van der Waals surface area (Å²) in [5.41, 5.74) is 1.82. The monoisotopic (exact) mass is 465 g/mol. The lowest BCUT2D eigenvalue weighted by atomic mass is 10.0. The molecular weight excluding hydrogens is 434 g/mol. The van der Waals surface area contributed by atoms with Crippen molar-refractivity contribution in [2.45, 2.75) is 13.3 Å². The summed E-state index contributed by atoms with van der Waals surface area (Å²) in [7, 11) is 1.55. The van der Waals surface area contributed by atoms with Crippen molar-refractivity contribution in [1.29, 1.82) is 0 Å². The first-order valence-electron chi connectivity index (χ1n) is 11.7. The van der Waals surface area contributed by atoms with Gasteiger partial charge < -0.3 is 19.5 Å². The molecule has 2 aliphatic rings. The number of anilines is 1. The number of ether oxygens (including phenoxy) is 3. The predicted octanol–water partition coefficient (Wildman–Crippen LogP) is 3.01. The summed E-state index contributed by atoms with van der Waals surface area (Å²) in [5.74, 6) is 0.567. The highest BCUT2D eigenvalue weighted by Gasteiger charge is 2.40. The van der Waals surface area contributed by atoms with E-state index in [0.29, 0.717) is 47.9 Å². The average molecular weight is 466 g/mol. The number of carbonyl (C=O) groups excluding carboxylic acids is 2. The molecule has 0 aliphatic carbocycles. The van der Waals surface area contributed by atoms with Gasteiger partial charge in [-0.15, -0.1) is 0 Å². The molecule has 2 aromatic rings. The lowest BCUT2D eigenvalue weighted by Gasteiger charge is -2.27. The molecule has 180 valence electrons. The average Bonchev–Trinajstić information content (AvgIpc) is 3.09. The quantitative estimate of drug-likeness (QED) is 0.541. The molecule has 8 nitrogen and oxygen atoms in total. The number of hydrogen-bond donors (Lipinski definition) is 1. The van der Waals surface area contributed by atoms with E-state index in [0.717, 1.165) is 32.8 Å². The number of nitrogens with one attached hydrogen (secondary N) is 1. The minimum atomic E-state index is -0.338. The number of imide groups is 1. The van der Waals surface area contributed by atoms with Crippen molar-refractivity contribution in [3.8, 4) is 11.5 Å². The van der Waals surface area contributed by atoms with Gasteiger partial charge in [-0.3, -0.25) is 19.4 Å². The molecule has 1 fully saturated rings.